The summed E-state index contributed by atoms with van der Waals surface area (Å²) < 4.78 is 55.2. The minimum atomic E-state index is -4.75. The van der Waals surface area contributed by atoms with Crippen LogP contribution in [0.4, 0.5) is 17.6 Å². The van der Waals surface area contributed by atoms with Crippen LogP contribution in [0.1, 0.15) is 11.3 Å². The number of rotatable bonds is 2. The quantitative estimate of drug-likeness (QED) is 0.607. The van der Waals surface area contributed by atoms with Crippen LogP contribution >= 0.6 is 0 Å². The van der Waals surface area contributed by atoms with Gasteiger partial charge < -0.3 is 0 Å². The largest absolute Gasteiger partial charge is 0.435 e. The molecule has 2 aromatic carbocycles. The van der Waals surface area contributed by atoms with E-state index in [2.05, 4.69) is 5.10 Å². The van der Waals surface area contributed by atoms with Crippen molar-refractivity contribution in [2.45, 2.75) is 13.1 Å². The molecule has 0 bridgehead atoms. The normalized spacial score (nSPS) is 11.7. The van der Waals surface area contributed by atoms with Crippen LogP contribution in [0.2, 0.25) is 0 Å². The first-order chi connectivity index (χ1) is 10.9. The molecule has 3 rings (SSSR count). The van der Waals surface area contributed by atoms with Gasteiger partial charge in [0.15, 0.2) is 5.69 Å². The number of nitrogens with zero attached hydrogens (tertiary/aromatic N) is 2. The van der Waals surface area contributed by atoms with E-state index in [-0.39, 0.29) is 11.3 Å². The van der Waals surface area contributed by atoms with Gasteiger partial charge >= 0.3 is 6.18 Å². The van der Waals surface area contributed by atoms with Crippen molar-refractivity contribution in [3.8, 4) is 16.8 Å². The number of halogens is 4. The molecule has 0 spiro atoms. The topological polar surface area (TPSA) is 17.8 Å². The summed E-state index contributed by atoms with van der Waals surface area (Å²) in [6, 6.07) is 14.0. The number of hydrogen-bond donors (Lipinski definition) is 0. The second kappa shape index (κ2) is 5.53. The lowest BCUT2D eigenvalue weighted by Gasteiger charge is -2.05. The van der Waals surface area contributed by atoms with E-state index < -0.39 is 23.4 Å². The van der Waals surface area contributed by atoms with E-state index in [1.54, 1.807) is 30.3 Å². The van der Waals surface area contributed by atoms with Crippen molar-refractivity contribution in [3.63, 3.8) is 0 Å². The van der Waals surface area contributed by atoms with Gasteiger partial charge in [-0.2, -0.15) is 22.7 Å². The summed E-state index contributed by atoms with van der Waals surface area (Å²) >= 11 is 0. The smallest absolute Gasteiger partial charge is 0.206 e. The zero-order valence-corrected chi connectivity index (χ0v) is 12.1. The second-order valence-corrected chi connectivity index (χ2v) is 5.13. The van der Waals surface area contributed by atoms with Crippen LogP contribution in [0.5, 0.6) is 0 Å². The summed E-state index contributed by atoms with van der Waals surface area (Å²) in [6.07, 6.45) is -4.75. The molecule has 0 amide bonds. The second-order valence-electron chi connectivity index (χ2n) is 5.13. The molecule has 6 heteroatoms. The Labute approximate surface area is 130 Å². The van der Waals surface area contributed by atoms with Crippen molar-refractivity contribution in [2.24, 2.45) is 0 Å². The van der Waals surface area contributed by atoms with E-state index in [1.807, 2.05) is 6.92 Å². The molecular formula is C17H12F4N2. The van der Waals surface area contributed by atoms with Gasteiger partial charge in [0.05, 0.1) is 11.3 Å². The molecule has 0 atom stereocenters. The highest BCUT2D eigenvalue weighted by atomic mass is 19.4. The Kier molecular flexibility index (Phi) is 3.67. The van der Waals surface area contributed by atoms with Crippen molar-refractivity contribution in [1.82, 2.24) is 9.78 Å². The van der Waals surface area contributed by atoms with Gasteiger partial charge in [0.25, 0.3) is 0 Å². The van der Waals surface area contributed by atoms with Crippen LogP contribution in [-0.4, -0.2) is 9.78 Å². The third kappa shape index (κ3) is 2.84. The van der Waals surface area contributed by atoms with E-state index in [9.17, 15) is 17.6 Å². The molecule has 0 aliphatic heterocycles. The van der Waals surface area contributed by atoms with Gasteiger partial charge in [-0.1, -0.05) is 48.0 Å². The molecule has 0 radical (unpaired) electrons. The predicted octanol–water partition coefficient (Wildman–Crippen LogP) is 5.01. The number of alkyl halides is 3. The maximum atomic E-state index is 14.7. The Hall–Kier alpha value is -2.63. The SMILES string of the molecule is Cc1ccc(-n2nc(C(F)(F)F)c(-c3ccccc3)c2F)cc1. The van der Waals surface area contributed by atoms with Crippen LogP contribution in [0.15, 0.2) is 54.6 Å². The highest BCUT2D eigenvalue weighted by Crippen LogP contribution is 2.38. The molecule has 0 N–H and O–H groups in total. The summed E-state index contributed by atoms with van der Waals surface area (Å²) in [4.78, 5) is 0. The molecule has 3 aromatic rings. The molecule has 0 fully saturated rings. The Balaban J connectivity index is 2.25. The standard InChI is InChI=1S/C17H12F4N2/c1-11-7-9-13(10-8-11)23-16(18)14(12-5-3-2-4-6-12)15(22-23)17(19,20)21/h2-10H,1H3. The zero-order valence-electron chi connectivity index (χ0n) is 12.1. The molecule has 0 aliphatic carbocycles. The van der Waals surface area contributed by atoms with Gasteiger partial charge in [-0.05, 0) is 24.6 Å². The summed E-state index contributed by atoms with van der Waals surface area (Å²) in [7, 11) is 0. The summed E-state index contributed by atoms with van der Waals surface area (Å²) in [5.74, 6) is -1.03. The minimum Gasteiger partial charge on any atom is -0.206 e. The summed E-state index contributed by atoms with van der Waals surface area (Å²) in [5, 5.41) is 3.47. The van der Waals surface area contributed by atoms with E-state index in [0.717, 1.165) is 5.56 Å². The minimum absolute atomic E-state index is 0.135. The zero-order chi connectivity index (χ0) is 16.6. The fraction of sp³-hybridized carbons (Fsp3) is 0.118. The van der Waals surface area contributed by atoms with E-state index in [4.69, 9.17) is 0 Å². The number of aryl methyl sites for hydroxylation is 1. The van der Waals surface area contributed by atoms with E-state index in [0.29, 0.717) is 4.68 Å². The Morgan fingerprint density at radius 3 is 2.09 bits per heavy atom. The van der Waals surface area contributed by atoms with Gasteiger partial charge in [0.1, 0.15) is 0 Å². The average Bonchev–Trinajstić information content (AvgIpc) is 2.87. The Morgan fingerprint density at radius 2 is 1.52 bits per heavy atom. The van der Waals surface area contributed by atoms with Crippen molar-refractivity contribution >= 4 is 0 Å². The van der Waals surface area contributed by atoms with Crippen LogP contribution in [0.3, 0.4) is 0 Å². The van der Waals surface area contributed by atoms with Crippen LogP contribution in [0.25, 0.3) is 16.8 Å². The van der Waals surface area contributed by atoms with Crippen molar-refractivity contribution in [3.05, 3.63) is 71.8 Å². The van der Waals surface area contributed by atoms with Crippen molar-refractivity contribution in [2.75, 3.05) is 0 Å². The lowest BCUT2D eigenvalue weighted by Crippen LogP contribution is -2.08. The first-order valence-corrected chi connectivity index (χ1v) is 6.86. The van der Waals surface area contributed by atoms with E-state index in [1.165, 1.54) is 24.3 Å². The lowest BCUT2D eigenvalue weighted by atomic mass is 10.1. The van der Waals surface area contributed by atoms with Crippen LogP contribution in [0, 0.1) is 12.9 Å². The third-order valence-electron chi connectivity index (χ3n) is 3.44. The number of benzene rings is 2. The fourth-order valence-electron chi connectivity index (χ4n) is 2.31. The molecular weight excluding hydrogens is 308 g/mol. The average molecular weight is 320 g/mol. The lowest BCUT2D eigenvalue weighted by molar-refractivity contribution is -0.140. The first-order valence-electron chi connectivity index (χ1n) is 6.86. The third-order valence-corrected chi connectivity index (χ3v) is 3.44. The molecule has 0 aliphatic rings. The predicted molar refractivity (Wildman–Crippen MR) is 78.7 cm³/mol. The summed E-state index contributed by atoms with van der Waals surface area (Å²) in [6.45, 7) is 1.83. The van der Waals surface area contributed by atoms with Crippen molar-refractivity contribution in [1.29, 1.82) is 0 Å². The number of aromatic nitrogens is 2. The molecule has 1 heterocycles. The van der Waals surface area contributed by atoms with E-state index >= 15 is 0 Å². The van der Waals surface area contributed by atoms with Crippen LogP contribution in [-0.2, 0) is 6.18 Å². The monoisotopic (exact) mass is 320 g/mol. The highest BCUT2D eigenvalue weighted by Gasteiger charge is 2.40. The Morgan fingerprint density at radius 1 is 0.913 bits per heavy atom. The fourth-order valence-corrected chi connectivity index (χ4v) is 2.31. The highest BCUT2D eigenvalue weighted by molar-refractivity contribution is 5.67. The molecule has 1 aromatic heterocycles. The van der Waals surface area contributed by atoms with Crippen molar-refractivity contribution < 1.29 is 17.6 Å². The molecule has 23 heavy (non-hydrogen) atoms. The molecule has 0 saturated heterocycles. The van der Waals surface area contributed by atoms with Crippen LogP contribution < -0.4 is 0 Å². The van der Waals surface area contributed by atoms with Gasteiger partial charge in [-0.25, -0.2) is 4.68 Å². The molecule has 2 nitrogen and oxygen atoms in total. The maximum Gasteiger partial charge on any atom is 0.435 e. The molecule has 0 unspecified atom stereocenters. The Bertz CT molecular complexity index is 818. The van der Waals surface area contributed by atoms with Gasteiger partial charge in [-0.15, -0.1) is 0 Å². The molecule has 118 valence electrons. The van der Waals surface area contributed by atoms with Gasteiger partial charge in [0.2, 0.25) is 5.95 Å². The summed E-state index contributed by atoms with van der Waals surface area (Å²) in [5.41, 5.74) is -0.488. The van der Waals surface area contributed by atoms with Gasteiger partial charge in [0, 0.05) is 0 Å². The first kappa shape index (κ1) is 15.3. The number of hydrogen-bond acceptors (Lipinski definition) is 1. The molecule has 0 saturated carbocycles. The maximum absolute atomic E-state index is 14.7. The van der Waals surface area contributed by atoms with Gasteiger partial charge in [-0.3, -0.25) is 0 Å².